The van der Waals surface area contributed by atoms with Crippen LogP contribution in [0.1, 0.15) is 109 Å². The van der Waals surface area contributed by atoms with E-state index in [0.29, 0.717) is 35.5 Å². The first-order chi connectivity index (χ1) is 21.6. The van der Waals surface area contributed by atoms with Crippen LogP contribution in [0.2, 0.25) is 0 Å². The summed E-state index contributed by atoms with van der Waals surface area (Å²) in [6.45, 7) is 6.89. The summed E-state index contributed by atoms with van der Waals surface area (Å²) in [5.41, 5.74) is 2.70. The van der Waals surface area contributed by atoms with Gasteiger partial charge < -0.3 is 19.7 Å². The van der Waals surface area contributed by atoms with E-state index in [2.05, 4.69) is 32.8 Å². The number of ether oxygens (including phenoxy) is 2. The number of carbonyl (C=O) groups excluding carboxylic acids is 2. The van der Waals surface area contributed by atoms with Crippen LogP contribution in [0, 0.1) is 58.7 Å². The minimum Gasteiger partial charge on any atom is -0.428 e. The lowest BCUT2D eigenvalue weighted by Gasteiger charge is -2.62. The number of amides is 1. The first kappa shape index (κ1) is 32.4. The number of aryl methyl sites for hydroxylation is 1. The van der Waals surface area contributed by atoms with E-state index in [1.165, 1.54) is 12.0 Å². The maximum absolute atomic E-state index is 12.9. The molecule has 0 aliphatic heterocycles. The minimum atomic E-state index is -0.564. The van der Waals surface area contributed by atoms with E-state index in [1.807, 2.05) is 18.2 Å². The van der Waals surface area contributed by atoms with Gasteiger partial charge in [-0.3, -0.25) is 9.69 Å². The van der Waals surface area contributed by atoms with Gasteiger partial charge in [0.15, 0.2) is 0 Å². The van der Waals surface area contributed by atoms with Crippen molar-refractivity contribution in [2.75, 3.05) is 13.3 Å². The van der Waals surface area contributed by atoms with E-state index < -0.39 is 12.9 Å². The molecule has 2 N–H and O–H groups in total. The first-order valence-electron chi connectivity index (χ1n) is 17.5. The number of hydrogen-bond acceptors (Lipinski definition) is 6. The summed E-state index contributed by atoms with van der Waals surface area (Å²) < 4.78 is 10.7. The molecule has 0 radical (unpaired) electrons. The van der Waals surface area contributed by atoms with E-state index in [0.717, 1.165) is 69.8 Å². The summed E-state index contributed by atoms with van der Waals surface area (Å²) in [6.07, 6.45) is 15.4. The van der Waals surface area contributed by atoms with Gasteiger partial charge >= 0.3 is 12.1 Å². The second kappa shape index (κ2) is 12.9. The molecular formula is C38H53NO6. The number of carbonyl (C=O) groups is 2. The van der Waals surface area contributed by atoms with Gasteiger partial charge in [-0.25, -0.2) is 4.79 Å². The standard InChI is InChI=1S/C38H53NO6/c1-5-20-39(32-14-11-25-8-6-7-9-28(25)32)36(43)45-23-44-34(42)15-10-24(2)29-12-13-30-35-31(17-19-38(29,30)4)37(3)18-16-27(40)21-26(37)22-33(35)41/h1,6-9,24,26-27,29-33,35,40-41H,10-23H2,2-4H3/t24-,26+,27-,29?,30?,31?,32-,33-,35?,37+,38-/m1/s1. The Labute approximate surface area is 269 Å². The highest BCUT2D eigenvalue weighted by Crippen LogP contribution is 2.68. The third-order valence-electron chi connectivity index (χ3n) is 13.6. The van der Waals surface area contributed by atoms with Crippen LogP contribution in [0.4, 0.5) is 4.79 Å². The normalized spacial score (nSPS) is 38.9. The van der Waals surface area contributed by atoms with Crippen molar-refractivity contribution in [1.82, 2.24) is 4.90 Å². The quantitative estimate of drug-likeness (QED) is 0.192. The molecule has 6 rings (SSSR count). The fourth-order valence-corrected chi connectivity index (χ4v) is 11.3. The van der Waals surface area contributed by atoms with Crippen molar-refractivity contribution in [3.63, 3.8) is 0 Å². The van der Waals surface area contributed by atoms with Crippen molar-refractivity contribution in [2.45, 2.75) is 116 Å². The van der Waals surface area contributed by atoms with Gasteiger partial charge in [0, 0.05) is 6.42 Å². The van der Waals surface area contributed by atoms with E-state index in [4.69, 9.17) is 15.9 Å². The van der Waals surface area contributed by atoms with E-state index in [-0.39, 0.29) is 48.0 Å². The predicted octanol–water partition coefficient (Wildman–Crippen LogP) is 6.65. The first-order valence-corrected chi connectivity index (χ1v) is 17.5. The van der Waals surface area contributed by atoms with Crippen molar-refractivity contribution in [2.24, 2.45) is 46.3 Å². The van der Waals surface area contributed by atoms with Crippen LogP contribution >= 0.6 is 0 Å². The van der Waals surface area contributed by atoms with Crippen LogP contribution in [0.15, 0.2) is 24.3 Å². The number of fused-ring (bicyclic) bond motifs is 6. The summed E-state index contributed by atoms with van der Waals surface area (Å²) in [7, 11) is 0. The number of benzene rings is 1. The fraction of sp³-hybridized carbons (Fsp3) is 0.737. The second-order valence-corrected chi connectivity index (χ2v) is 15.6. The Morgan fingerprint density at radius 1 is 1.02 bits per heavy atom. The summed E-state index contributed by atoms with van der Waals surface area (Å²) in [5, 5.41) is 21.9. The minimum absolute atomic E-state index is 0.131. The highest BCUT2D eigenvalue weighted by atomic mass is 16.7. The molecule has 246 valence electrons. The number of hydrogen-bond donors (Lipinski definition) is 2. The van der Waals surface area contributed by atoms with Crippen molar-refractivity contribution >= 4 is 12.1 Å². The zero-order valence-electron chi connectivity index (χ0n) is 27.5. The lowest BCUT2D eigenvalue weighted by Crippen LogP contribution is -2.58. The molecule has 5 aliphatic carbocycles. The third kappa shape index (κ3) is 5.91. The zero-order valence-corrected chi connectivity index (χ0v) is 27.5. The SMILES string of the molecule is C#CCN(C(=O)OCOC(=O)CC[C@@H](C)C1CCC2C3C(CC[C@@]21C)[C@@]1(C)CC[C@@H](O)C[C@H]1C[C@H]3O)[C@@H]1CCc2ccccc21. The molecule has 4 saturated carbocycles. The molecule has 0 spiro atoms. The highest BCUT2D eigenvalue weighted by Gasteiger charge is 2.62. The van der Waals surface area contributed by atoms with Crippen molar-refractivity contribution < 1.29 is 29.3 Å². The van der Waals surface area contributed by atoms with Crippen molar-refractivity contribution in [3.05, 3.63) is 35.4 Å². The molecule has 0 heterocycles. The molecule has 5 aliphatic rings. The number of aliphatic hydroxyl groups excluding tert-OH is 2. The van der Waals surface area contributed by atoms with E-state index >= 15 is 0 Å². The van der Waals surface area contributed by atoms with Crippen LogP contribution in [0.25, 0.3) is 0 Å². The Hall–Kier alpha value is -2.56. The fourth-order valence-electron chi connectivity index (χ4n) is 11.3. The Balaban J connectivity index is 0.995. The van der Waals surface area contributed by atoms with Crippen LogP contribution < -0.4 is 0 Å². The average molecular weight is 620 g/mol. The maximum Gasteiger partial charge on any atom is 0.413 e. The summed E-state index contributed by atoms with van der Waals surface area (Å²) in [6, 6.07) is 7.93. The topological polar surface area (TPSA) is 96.3 Å². The number of esters is 1. The monoisotopic (exact) mass is 619 g/mol. The van der Waals surface area contributed by atoms with E-state index in [1.54, 1.807) is 4.90 Å². The molecule has 7 heteroatoms. The molecule has 4 fully saturated rings. The zero-order chi connectivity index (χ0) is 31.9. The molecule has 7 nitrogen and oxygen atoms in total. The summed E-state index contributed by atoms with van der Waals surface area (Å²) >= 11 is 0. The van der Waals surface area contributed by atoms with Crippen LogP contribution in [-0.4, -0.2) is 52.7 Å². The Bertz CT molecular complexity index is 1290. The van der Waals surface area contributed by atoms with Gasteiger partial charge in [-0.1, -0.05) is 51.0 Å². The smallest absolute Gasteiger partial charge is 0.413 e. The molecular weight excluding hydrogens is 566 g/mol. The lowest BCUT2D eigenvalue weighted by atomic mass is 9.43. The Morgan fingerprint density at radius 3 is 2.58 bits per heavy atom. The van der Waals surface area contributed by atoms with Gasteiger partial charge in [0.1, 0.15) is 0 Å². The Morgan fingerprint density at radius 2 is 1.78 bits per heavy atom. The molecule has 45 heavy (non-hydrogen) atoms. The highest BCUT2D eigenvalue weighted by molar-refractivity contribution is 5.71. The molecule has 11 atom stereocenters. The van der Waals surface area contributed by atoms with Gasteiger partial charge in [-0.2, -0.15) is 0 Å². The molecule has 1 amide bonds. The van der Waals surface area contributed by atoms with Crippen molar-refractivity contribution in [1.29, 1.82) is 0 Å². The van der Waals surface area contributed by atoms with Gasteiger partial charge in [0.25, 0.3) is 0 Å². The summed E-state index contributed by atoms with van der Waals surface area (Å²) in [5.74, 6) is 4.87. The molecule has 0 bridgehead atoms. The number of nitrogens with zero attached hydrogens (tertiary/aromatic N) is 1. The predicted molar refractivity (Wildman–Crippen MR) is 171 cm³/mol. The molecule has 0 saturated heterocycles. The molecule has 1 aromatic carbocycles. The molecule has 0 aromatic heterocycles. The molecule has 1 aromatic rings. The maximum atomic E-state index is 12.9. The molecule has 4 unspecified atom stereocenters. The number of aliphatic hydroxyl groups is 2. The van der Waals surface area contributed by atoms with Gasteiger partial charge in [0.2, 0.25) is 6.79 Å². The lowest BCUT2D eigenvalue weighted by molar-refractivity contribution is -0.174. The number of terminal acetylenes is 1. The van der Waals surface area contributed by atoms with Crippen LogP contribution in [0.3, 0.4) is 0 Å². The van der Waals surface area contributed by atoms with Crippen molar-refractivity contribution in [3.8, 4) is 12.3 Å². The van der Waals surface area contributed by atoms with Gasteiger partial charge in [0.05, 0.1) is 24.8 Å². The van der Waals surface area contributed by atoms with Gasteiger partial charge in [-0.15, -0.1) is 6.42 Å². The largest absolute Gasteiger partial charge is 0.428 e. The average Bonchev–Trinajstić information content (AvgIpc) is 3.60. The second-order valence-electron chi connectivity index (χ2n) is 15.6. The summed E-state index contributed by atoms with van der Waals surface area (Å²) in [4.78, 5) is 27.2. The van der Waals surface area contributed by atoms with Crippen LogP contribution in [0.5, 0.6) is 0 Å². The Kier molecular flexibility index (Phi) is 9.29. The van der Waals surface area contributed by atoms with E-state index in [9.17, 15) is 19.8 Å². The van der Waals surface area contributed by atoms with Crippen LogP contribution in [-0.2, 0) is 20.7 Å². The number of rotatable bonds is 8. The van der Waals surface area contributed by atoms with Gasteiger partial charge in [-0.05, 0) is 128 Å². The third-order valence-corrected chi connectivity index (χ3v) is 13.6.